The van der Waals surface area contributed by atoms with E-state index in [1.54, 1.807) is 0 Å². The molecule has 0 aromatic carbocycles. The monoisotopic (exact) mass is 318 g/mol. The lowest BCUT2D eigenvalue weighted by Gasteiger charge is -2.22. The first-order chi connectivity index (χ1) is 10.8. The smallest absolute Gasteiger partial charge is 0.139 e. The van der Waals surface area contributed by atoms with Gasteiger partial charge in [-0.05, 0) is 19.3 Å². The quantitative estimate of drug-likeness (QED) is 0.921. The van der Waals surface area contributed by atoms with E-state index in [1.807, 2.05) is 41.5 Å². The molecule has 2 aromatic rings. The summed E-state index contributed by atoms with van der Waals surface area (Å²) < 4.78 is 7.94. The minimum absolute atomic E-state index is 0.0547. The molecule has 1 saturated heterocycles. The third kappa shape index (κ3) is 2.71. The predicted octanol–water partition coefficient (Wildman–Crippen LogP) is 2.76. The Morgan fingerprint density at radius 3 is 3.00 bits per heavy atom. The van der Waals surface area contributed by atoms with Gasteiger partial charge in [0.25, 0.3) is 0 Å². The SMILES string of the molecule is Cn1ccnc1[C@H]1OCC[C@@H]1NCc1cnc(C2CCC2)s1. The normalized spacial score (nSPS) is 25.5. The molecule has 0 amide bonds. The molecular weight excluding hydrogens is 296 g/mol. The third-order valence-electron chi connectivity index (χ3n) is 4.77. The summed E-state index contributed by atoms with van der Waals surface area (Å²) in [6, 6.07) is 0.329. The molecule has 0 bridgehead atoms. The summed E-state index contributed by atoms with van der Waals surface area (Å²) in [5.41, 5.74) is 0. The highest BCUT2D eigenvalue weighted by Gasteiger charge is 2.32. The molecule has 22 heavy (non-hydrogen) atoms. The molecular formula is C16H22N4OS. The van der Waals surface area contributed by atoms with Crippen LogP contribution >= 0.6 is 11.3 Å². The van der Waals surface area contributed by atoms with Gasteiger partial charge in [-0.1, -0.05) is 6.42 Å². The van der Waals surface area contributed by atoms with E-state index < -0.39 is 0 Å². The van der Waals surface area contributed by atoms with Crippen molar-refractivity contribution in [3.8, 4) is 0 Å². The molecule has 2 aliphatic rings. The second kappa shape index (κ2) is 6.10. The Morgan fingerprint density at radius 2 is 2.27 bits per heavy atom. The van der Waals surface area contributed by atoms with Gasteiger partial charge in [-0.25, -0.2) is 9.97 Å². The largest absolute Gasteiger partial charge is 0.369 e. The lowest BCUT2D eigenvalue weighted by atomic mass is 9.86. The van der Waals surface area contributed by atoms with Crippen molar-refractivity contribution in [3.63, 3.8) is 0 Å². The van der Waals surface area contributed by atoms with Gasteiger partial charge in [0.1, 0.15) is 11.9 Å². The lowest BCUT2D eigenvalue weighted by molar-refractivity contribution is 0.0893. The van der Waals surface area contributed by atoms with E-state index in [4.69, 9.17) is 4.74 Å². The van der Waals surface area contributed by atoms with Crippen LogP contribution in [0.25, 0.3) is 0 Å². The van der Waals surface area contributed by atoms with Crippen LogP contribution in [0.3, 0.4) is 0 Å². The number of ether oxygens (including phenoxy) is 1. The van der Waals surface area contributed by atoms with E-state index in [-0.39, 0.29) is 6.10 Å². The zero-order chi connectivity index (χ0) is 14.9. The average Bonchev–Trinajstić information content (AvgIpc) is 3.14. The van der Waals surface area contributed by atoms with Crippen LogP contribution in [0.15, 0.2) is 18.6 Å². The molecule has 1 aliphatic carbocycles. The molecule has 2 aromatic heterocycles. The fourth-order valence-electron chi connectivity index (χ4n) is 3.18. The summed E-state index contributed by atoms with van der Waals surface area (Å²) >= 11 is 1.87. The minimum atomic E-state index is 0.0547. The summed E-state index contributed by atoms with van der Waals surface area (Å²) in [6.45, 7) is 1.67. The Labute approximate surface area is 134 Å². The number of aryl methyl sites for hydroxylation is 1. The molecule has 118 valence electrons. The summed E-state index contributed by atoms with van der Waals surface area (Å²) in [4.78, 5) is 10.4. The number of hydrogen-bond donors (Lipinski definition) is 1. The van der Waals surface area contributed by atoms with Crippen molar-refractivity contribution >= 4 is 11.3 Å². The van der Waals surface area contributed by atoms with Gasteiger partial charge in [-0.15, -0.1) is 11.3 Å². The van der Waals surface area contributed by atoms with Crippen molar-refractivity contribution < 1.29 is 4.74 Å². The van der Waals surface area contributed by atoms with Gasteiger partial charge in [-0.3, -0.25) is 0 Å². The Hall–Kier alpha value is -1.24. The molecule has 2 atom stereocenters. The highest BCUT2D eigenvalue weighted by Crippen LogP contribution is 2.38. The van der Waals surface area contributed by atoms with Crippen LogP contribution in [-0.2, 0) is 18.3 Å². The van der Waals surface area contributed by atoms with Gasteiger partial charge in [-0.2, -0.15) is 0 Å². The van der Waals surface area contributed by atoms with Crippen LogP contribution in [0, 0.1) is 0 Å². The van der Waals surface area contributed by atoms with E-state index in [0.29, 0.717) is 6.04 Å². The van der Waals surface area contributed by atoms with E-state index >= 15 is 0 Å². The van der Waals surface area contributed by atoms with Gasteiger partial charge in [0.2, 0.25) is 0 Å². The first-order valence-corrected chi connectivity index (χ1v) is 8.89. The van der Waals surface area contributed by atoms with E-state index in [9.17, 15) is 0 Å². The van der Waals surface area contributed by atoms with Crippen molar-refractivity contribution in [2.45, 2.75) is 50.3 Å². The molecule has 1 saturated carbocycles. The zero-order valence-corrected chi connectivity index (χ0v) is 13.7. The van der Waals surface area contributed by atoms with Crippen molar-refractivity contribution in [1.29, 1.82) is 0 Å². The molecule has 3 heterocycles. The van der Waals surface area contributed by atoms with Crippen LogP contribution in [0.5, 0.6) is 0 Å². The fraction of sp³-hybridized carbons (Fsp3) is 0.625. The van der Waals surface area contributed by atoms with Crippen molar-refractivity contribution in [2.75, 3.05) is 6.61 Å². The molecule has 0 spiro atoms. The topological polar surface area (TPSA) is 52.0 Å². The number of imidazole rings is 1. The van der Waals surface area contributed by atoms with Gasteiger partial charge >= 0.3 is 0 Å². The van der Waals surface area contributed by atoms with Crippen LogP contribution in [0.4, 0.5) is 0 Å². The van der Waals surface area contributed by atoms with Gasteiger partial charge in [0.05, 0.1) is 5.01 Å². The number of aromatic nitrogens is 3. The second-order valence-corrected chi connectivity index (χ2v) is 7.40. The number of rotatable bonds is 5. The number of nitrogens with zero attached hydrogens (tertiary/aromatic N) is 3. The van der Waals surface area contributed by atoms with Crippen molar-refractivity contribution in [2.24, 2.45) is 7.05 Å². The van der Waals surface area contributed by atoms with E-state index in [2.05, 4.69) is 15.3 Å². The number of hydrogen-bond acceptors (Lipinski definition) is 5. The van der Waals surface area contributed by atoms with Crippen LogP contribution in [0.2, 0.25) is 0 Å². The van der Waals surface area contributed by atoms with Crippen LogP contribution in [-0.4, -0.2) is 27.2 Å². The summed E-state index contributed by atoms with van der Waals surface area (Å²) in [5.74, 6) is 1.74. The minimum Gasteiger partial charge on any atom is -0.369 e. The zero-order valence-electron chi connectivity index (χ0n) is 12.9. The van der Waals surface area contributed by atoms with Gasteiger partial charge in [0.15, 0.2) is 0 Å². The predicted molar refractivity (Wildman–Crippen MR) is 85.9 cm³/mol. The van der Waals surface area contributed by atoms with Gasteiger partial charge < -0.3 is 14.6 Å². The molecule has 0 radical (unpaired) electrons. The average molecular weight is 318 g/mol. The summed E-state index contributed by atoms with van der Waals surface area (Å²) in [5, 5.41) is 4.97. The molecule has 5 nitrogen and oxygen atoms in total. The Bertz CT molecular complexity index is 634. The molecule has 1 aliphatic heterocycles. The van der Waals surface area contributed by atoms with E-state index in [1.165, 1.54) is 29.1 Å². The first-order valence-electron chi connectivity index (χ1n) is 8.08. The maximum atomic E-state index is 5.89. The number of thiazole rings is 1. The summed E-state index contributed by atoms with van der Waals surface area (Å²) in [6.07, 6.45) is 10.9. The maximum Gasteiger partial charge on any atom is 0.139 e. The molecule has 6 heteroatoms. The first kappa shape index (κ1) is 14.4. The fourth-order valence-corrected chi connectivity index (χ4v) is 4.22. The van der Waals surface area contributed by atoms with Crippen molar-refractivity contribution in [3.05, 3.63) is 34.3 Å². The molecule has 4 rings (SSSR count). The van der Waals surface area contributed by atoms with Crippen molar-refractivity contribution in [1.82, 2.24) is 19.9 Å². The van der Waals surface area contributed by atoms with Gasteiger partial charge in [0, 0.05) is 55.6 Å². The lowest BCUT2D eigenvalue weighted by Crippen LogP contribution is -2.32. The molecule has 1 N–H and O–H groups in total. The third-order valence-corrected chi connectivity index (χ3v) is 5.93. The second-order valence-electron chi connectivity index (χ2n) is 6.26. The highest BCUT2D eigenvalue weighted by atomic mass is 32.1. The van der Waals surface area contributed by atoms with E-state index in [0.717, 1.165) is 31.3 Å². The standard InChI is InChI=1S/C16H22N4OS/c1-20-7-6-17-15(20)14-13(5-8-21-14)18-9-12-10-19-16(22-12)11-3-2-4-11/h6-7,10-11,13-14,18H,2-5,8-9H2,1H3/t13-,14-/m0/s1. The Balaban J connectivity index is 1.38. The Morgan fingerprint density at radius 1 is 1.36 bits per heavy atom. The highest BCUT2D eigenvalue weighted by molar-refractivity contribution is 7.11. The van der Waals surface area contributed by atoms with Crippen LogP contribution < -0.4 is 5.32 Å². The maximum absolute atomic E-state index is 5.89. The van der Waals surface area contributed by atoms with Crippen LogP contribution in [0.1, 0.15) is 53.4 Å². The number of nitrogens with one attached hydrogen (secondary N) is 1. The summed E-state index contributed by atoms with van der Waals surface area (Å²) in [7, 11) is 2.02. The Kier molecular flexibility index (Phi) is 3.98. The molecule has 0 unspecified atom stereocenters. The molecule has 2 fully saturated rings.